The molecule has 4 heteroatoms. The molecule has 0 aliphatic rings. The second kappa shape index (κ2) is 5.05. The molecule has 0 spiro atoms. The van der Waals surface area contributed by atoms with E-state index in [-0.39, 0.29) is 11.6 Å². The molecule has 1 heterocycles. The minimum atomic E-state index is -0.937. The van der Waals surface area contributed by atoms with E-state index in [1.807, 2.05) is 36.4 Å². The zero-order valence-electron chi connectivity index (χ0n) is 11.9. The Kier molecular flexibility index (Phi) is 3.22. The van der Waals surface area contributed by atoms with E-state index >= 15 is 0 Å². The molecule has 4 nitrogen and oxygen atoms in total. The summed E-state index contributed by atoms with van der Waals surface area (Å²) < 4.78 is 2.08. The van der Waals surface area contributed by atoms with Crippen LogP contribution < -0.4 is 0 Å². The first-order valence-electron chi connectivity index (χ1n) is 6.89. The van der Waals surface area contributed by atoms with Gasteiger partial charge in [-0.05, 0) is 32.0 Å². The van der Waals surface area contributed by atoms with Gasteiger partial charge in [0.05, 0.1) is 16.6 Å². The van der Waals surface area contributed by atoms with Gasteiger partial charge in [0.15, 0.2) is 0 Å². The third-order valence-electron chi connectivity index (χ3n) is 3.51. The summed E-state index contributed by atoms with van der Waals surface area (Å²) >= 11 is 0. The van der Waals surface area contributed by atoms with Crippen LogP contribution in [0.4, 0.5) is 0 Å². The van der Waals surface area contributed by atoms with Crippen molar-refractivity contribution in [2.45, 2.75) is 19.9 Å². The van der Waals surface area contributed by atoms with Gasteiger partial charge < -0.3 is 9.67 Å². The highest BCUT2D eigenvalue weighted by Gasteiger charge is 2.19. The van der Waals surface area contributed by atoms with Gasteiger partial charge in [-0.3, -0.25) is 0 Å². The van der Waals surface area contributed by atoms with Crippen LogP contribution in [0.3, 0.4) is 0 Å². The van der Waals surface area contributed by atoms with E-state index in [0.29, 0.717) is 11.4 Å². The van der Waals surface area contributed by atoms with E-state index in [2.05, 4.69) is 23.4 Å². The maximum Gasteiger partial charge on any atom is 0.336 e. The average Bonchev–Trinajstić information content (AvgIpc) is 2.86. The highest BCUT2D eigenvalue weighted by Crippen LogP contribution is 2.30. The molecule has 1 aromatic heterocycles. The molecule has 0 amide bonds. The summed E-state index contributed by atoms with van der Waals surface area (Å²) in [6.45, 7) is 4.14. The first-order chi connectivity index (χ1) is 10.1. The van der Waals surface area contributed by atoms with Crippen molar-refractivity contribution in [3.8, 4) is 11.4 Å². The number of para-hydroxylation sites is 2. The smallest absolute Gasteiger partial charge is 0.336 e. The number of imidazole rings is 1. The molecule has 0 radical (unpaired) electrons. The minimum Gasteiger partial charge on any atom is -0.478 e. The van der Waals surface area contributed by atoms with Gasteiger partial charge in [-0.2, -0.15) is 0 Å². The van der Waals surface area contributed by atoms with Crippen LogP contribution in [0.15, 0.2) is 48.5 Å². The zero-order valence-corrected chi connectivity index (χ0v) is 11.9. The minimum absolute atomic E-state index is 0.189. The number of carbonyl (C=O) groups is 1. The molecule has 0 unspecified atom stereocenters. The maximum absolute atomic E-state index is 11.5. The lowest BCUT2D eigenvalue weighted by atomic mass is 10.1. The molecule has 0 atom stereocenters. The van der Waals surface area contributed by atoms with Crippen LogP contribution in [0, 0.1) is 0 Å². The van der Waals surface area contributed by atoms with Crippen molar-refractivity contribution >= 4 is 17.0 Å². The van der Waals surface area contributed by atoms with Crippen molar-refractivity contribution in [2.24, 2.45) is 0 Å². The molecule has 0 aliphatic heterocycles. The molecular formula is C17H16N2O2. The Labute approximate surface area is 122 Å². The SMILES string of the molecule is CC(C)n1c(-c2ccccc2C(=O)O)nc2ccccc21. The maximum atomic E-state index is 11.5. The number of hydrogen-bond donors (Lipinski definition) is 1. The zero-order chi connectivity index (χ0) is 15.0. The number of nitrogens with zero attached hydrogens (tertiary/aromatic N) is 2. The molecule has 2 aromatic carbocycles. The predicted molar refractivity (Wildman–Crippen MR) is 82.5 cm³/mol. The van der Waals surface area contributed by atoms with E-state index in [1.165, 1.54) is 0 Å². The first-order valence-corrected chi connectivity index (χ1v) is 6.89. The number of fused-ring (bicyclic) bond motifs is 1. The number of carboxylic acid groups (broad SMARTS) is 1. The average molecular weight is 280 g/mol. The molecule has 1 N–H and O–H groups in total. The lowest BCUT2D eigenvalue weighted by molar-refractivity contribution is 0.0697. The molecule has 3 aromatic rings. The number of benzene rings is 2. The molecule has 3 rings (SSSR count). The summed E-state index contributed by atoms with van der Waals surface area (Å²) in [5, 5.41) is 9.39. The van der Waals surface area contributed by atoms with E-state index in [4.69, 9.17) is 0 Å². The van der Waals surface area contributed by atoms with Crippen LogP contribution in [0.25, 0.3) is 22.4 Å². The Morgan fingerprint density at radius 3 is 2.48 bits per heavy atom. The van der Waals surface area contributed by atoms with Crippen molar-refractivity contribution in [3.05, 3.63) is 54.1 Å². The topological polar surface area (TPSA) is 55.1 Å². The summed E-state index contributed by atoms with van der Waals surface area (Å²) in [6.07, 6.45) is 0. The quantitative estimate of drug-likeness (QED) is 0.789. The fourth-order valence-corrected chi connectivity index (χ4v) is 2.62. The Morgan fingerprint density at radius 2 is 1.76 bits per heavy atom. The Balaban J connectivity index is 2.35. The predicted octanol–water partition coefficient (Wildman–Crippen LogP) is 3.98. The van der Waals surface area contributed by atoms with Gasteiger partial charge in [-0.1, -0.05) is 30.3 Å². The van der Waals surface area contributed by atoms with Gasteiger partial charge in [0.25, 0.3) is 0 Å². The third kappa shape index (κ3) is 2.18. The van der Waals surface area contributed by atoms with Gasteiger partial charge >= 0.3 is 5.97 Å². The fourth-order valence-electron chi connectivity index (χ4n) is 2.62. The lowest BCUT2D eigenvalue weighted by Gasteiger charge is -2.14. The second-order valence-electron chi connectivity index (χ2n) is 5.24. The molecule has 0 saturated heterocycles. The van der Waals surface area contributed by atoms with Crippen LogP contribution in [0.2, 0.25) is 0 Å². The molecular weight excluding hydrogens is 264 g/mol. The van der Waals surface area contributed by atoms with Gasteiger partial charge in [0.1, 0.15) is 5.82 Å². The van der Waals surface area contributed by atoms with Crippen LogP contribution in [0.5, 0.6) is 0 Å². The highest BCUT2D eigenvalue weighted by molar-refractivity contribution is 5.96. The first kappa shape index (κ1) is 13.4. The van der Waals surface area contributed by atoms with E-state index in [0.717, 1.165) is 11.0 Å². The van der Waals surface area contributed by atoms with Crippen LogP contribution in [0.1, 0.15) is 30.2 Å². The van der Waals surface area contributed by atoms with Gasteiger partial charge in [-0.15, -0.1) is 0 Å². The molecule has 21 heavy (non-hydrogen) atoms. The van der Waals surface area contributed by atoms with Gasteiger partial charge in [0.2, 0.25) is 0 Å². The molecule has 0 aliphatic carbocycles. The Hall–Kier alpha value is -2.62. The summed E-state index contributed by atoms with van der Waals surface area (Å²) in [7, 11) is 0. The number of rotatable bonds is 3. The number of aromatic nitrogens is 2. The Morgan fingerprint density at radius 1 is 1.10 bits per heavy atom. The van der Waals surface area contributed by atoms with Crippen molar-refractivity contribution in [3.63, 3.8) is 0 Å². The van der Waals surface area contributed by atoms with Crippen molar-refractivity contribution < 1.29 is 9.90 Å². The number of aromatic carboxylic acids is 1. The summed E-state index contributed by atoms with van der Waals surface area (Å²) in [5.74, 6) is -0.239. The standard InChI is InChI=1S/C17H16N2O2/c1-11(2)19-15-10-6-5-9-14(15)18-16(19)12-7-3-4-8-13(12)17(20)21/h3-11H,1-2H3,(H,20,21). The third-order valence-corrected chi connectivity index (χ3v) is 3.51. The van der Waals surface area contributed by atoms with Crippen LogP contribution in [-0.4, -0.2) is 20.6 Å². The van der Waals surface area contributed by atoms with Gasteiger partial charge in [-0.25, -0.2) is 9.78 Å². The number of carboxylic acids is 1. The highest BCUT2D eigenvalue weighted by atomic mass is 16.4. The molecule has 0 saturated carbocycles. The second-order valence-corrected chi connectivity index (χ2v) is 5.24. The van der Waals surface area contributed by atoms with Crippen LogP contribution >= 0.6 is 0 Å². The Bertz CT molecular complexity index is 819. The van der Waals surface area contributed by atoms with Crippen molar-refractivity contribution in [2.75, 3.05) is 0 Å². The summed E-state index contributed by atoms with van der Waals surface area (Å²) in [6, 6.07) is 15.0. The van der Waals surface area contributed by atoms with Gasteiger partial charge in [0, 0.05) is 11.6 Å². The molecule has 106 valence electrons. The monoisotopic (exact) mass is 280 g/mol. The molecule has 0 bridgehead atoms. The fraction of sp³-hybridized carbons (Fsp3) is 0.176. The van der Waals surface area contributed by atoms with Crippen molar-refractivity contribution in [1.82, 2.24) is 9.55 Å². The van der Waals surface area contributed by atoms with Crippen molar-refractivity contribution in [1.29, 1.82) is 0 Å². The summed E-state index contributed by atoms with van der Waals surface area (Å²) in [4.78, 5) is 16.1. The molecule has 0 fully saturated rings. The normalized spacial score (nSPS) is 11.2. The van der Waals surface area contributed by atoms with E-state index in [1.54, 1.807) is 12.1 Å². The van der Waals surface area contributed by atoms with E-state index in [9.17, 15) is 9.90 Å². The summed E-state index contributed by atoms with van der Waals surface area (Å²) in [5.41, 5.74) is 2.81. The lowest BCUT2D eigenvalue weighted by Crippen LogP contribution is -2.06. The largest absolute Gasteiger partial charge is 0.478 e. The number of hydrogen-bond acceptors (Lipinski definition) is 2. The van der Waals surface area contributed by atoms with E-state index < -0.39 is 5.97 Å². The van der Waals surface area contributed by atoms with Crippen LogP contribution in [-0.2, 0) is 0 Å².